The van der Waals surface area contributed by atoms with Gasteiger partial charge >= 0.3 is 17.3 Å². The summed E-state index contributed by atoms with van der Waals surface area (Å²) in [5.41, 5.74) is 1.05. The molecule has 0 bridgehead atoms. The Hall–Kier alpha value is -3.35. The molecule has 1 aliphatic heterocycles. The molecule has 0 aliphatic carbocycles. The van der Waals surface area contributed by atoms with E-state index in [1.165, 1.54) is 22.9 Å². The van der Waals surface area contributed by atoms with E-state index < -0.39 is 34.8 Å². The number of imidazole rings is 1. The summed E-state index contributed by atoms with van der Waals surface area (Å²) in [4.78, 5) is 16.4. The van der Waals surface area contributed by atoms with Gasteiger partial charge in [-0.05, 0) is 89.2 Å². The number of hydrogen-bond donors (Lipinski definition) is 1. The van der Waals surface area contributed by atoms with E-state index in [4.69, 9.17) is 21.1 Å². The van der Waals surface area contributed by atoms with Crippen molar-refractivity contribution in [3.8, 4) is 5.75 Å². The molecule has 0 saturated carbocycles. The van der Waals surface area contributed by atoms with Crippen LogP contribution in [0, 0.1) is 16.0 Å². The molecule has 13 heteroatoms. The first-order chi connectivity index (χ1) is 19.0. The van der Waals surface area contributed by atoms with Crippen LogP contribution in [0.15, 0.2) is 54.7 Å². The van der Waals surface area contributed by atoms with Crippen molar-refractivity contribution in [2.24, 2.45) is 5.92 Å². The monoisotopic (exact) mass is 582 g/mol. The molecular weight excluding hydrogens is 553 g/mol. The zero-order valence-electron chi connectivity index (χ0n) is 21.8. The van der Waals surface area contributed by atoms with E-state index in [-0.39, 0.29) is 18.3 Å². The van der Waals surface area contributed by atoms with Crippen LogP contribution in [-0.2, 0) is 17.5 Å². The molecule has 3 aromatic rings. The SMILES string of the molecule is CC(O)CC(Oc1ccc(N2CCC(COCc3ccc(C(F)(F)F)cc3)CC2)cc1)n1cc([N+](=O)[O-])nc1Cl. The van der Waals surface area contributed by atoms with Crippen LogP contribution in [0.3, 0.4) is 0 Å². The summed E-state index contributed by atoms with van der Waals surface area (Å²) in [5, 5.41) is 20.9. The third kappa shape index (κ3) is 7.86. The Morgan fingerprint density at radius 2 is 1.80 bits per heavy atom. The van der Waals surface area contributed by atoms with E-state index in [9.17, 15) is 28.4 Å². The Bertz CT molecular complexity index is 1260. The number of halogens is 4. The van der Waals surface area contributed by atoms with Gasteiger partial charge in [-0.15, -0.1) is 0 Å². The first kappa shape index (κ1) is 29.6. The van der Waals surface area contributed by atoms with Crippen molar-refractivity contribution in [1.29, 1.82) is 0 Å². The number of hydrogen-bond acceptors (Lipinski definition) is 7. The highest BCUT2D eigenvalue weighted by Gasteiger charge is 2.30. The number of rotatable bonds is 11. The summed E-state index contributed by atoms with van der Waals surface area (Å²) < 4.78 is 51.2. The number of nitro groups is 1. The van der Waals surface area contributed by atoms with E-state index >= 15 is 0 Å². The summed E-state index contributed by atoms with van der Waals surface area (Å²) in [5.74, 6) is 0.458. The number of nitrogens with zero attached hydrogens (tertiary/aromatic N) is 4. The minimum atomic E-state index is -4.35. The highest BCUT2D eigenvalue weighted by Crippen LogP contribution is 2.31. The second-order valence-corrected chi connectivity index (χ2v) is 10.2. The fourth-order valence-electron chi connectivity index (χ4n) is 4.54. The van der Waals surface area contributed by atoms with Crippen LogP contribution >= 0.6 is 11.6 Å². The Labute approximate surface area is 234 Å². The normalized spacial score (nSPS) is 16.1. The molecule has 1 aromatic heterocycles. The van der Waals surface area contributed by atoms with Crippen molar-refractivity contribution in [3.05, 3.63) is 81.3 Å². The molecule has 2 atom stereocenters. The Kier molecular flexibility index (Phi) is 9.54. The molecule has 1 aliphatic rings. The molecule has 0 radical (unpaired) electrons. The first-order valence-electron chi connectivity index (χ1n) is 12.8. The fourth-order valence-corrected chi connectivity index (χ4v) is 4.79. The topological polar surface area (TPSA) is 103 Å². The molecule has 1 fully saturated rings. The van der Waals surface area contributed by atoms with E-state index in [1.807, 2.05) is 12.1 Å². The van der Waals surface area contributed by atoms with Crippen LogP contribution in [0.5, 0.6) is 5.75 Å². The predicted octanol–water partition coefficient (Wildman–Crippen LogP) is 6.25. The van der Waals surface area contributed by atoms with Gasteiger partial charge in [-0.2, -0.15) is 13.2 Å². The van der Waals surface area contributed by atoms with E-state index in [0.717, 1.165) is 43.8 Å². The number of anilines is 1. The average Bonchev–Trinajstić information content (AvgIpc) is 3.31. The second-order valence-electron chi connectivity index (χ2n) is 9.82. The maximum Gasteiger partial charge on any atom is 0.416 e. The minimum Gasteiger partial charge on any atom is -0.470 e. The lowest BCUT2D eigenvalue weighted by molar-refractivity contribution is -0.389. The summed E-state index contributed by atoms with van der Waals surface area (Å²) in [6.45, 7) is 4.05. The van der Waals surface area contributed by atoms with Crippen molar-refractivity contribution < 1.29 is 32.7 Å². The summed E-state index contributed by atoms with van der Waals surface area (Å²) in [6.07, 6.45) is -2.73. The smallest absolute Gasteiger partial charge is 0.416 e. The highest BCUT2D eigenvalue weighted by atomic mass is 35.5. The van der Waals surface area contributed by atoms with Gasteiger partial charge in [0, 0.05) is 31.8 Å². The van der Waals surface area contributed by atoms with Crippen molar-refractivity contribution in [3.63, 3.8) is 0 Å². The van der Waals surface area contributed by atoms with Gasteiger partial charge in [-0.3, -0.25) is 4.57 Å². The van der Waals surface area contributed by atoms with Crippen molar-refractivity contribution >= 4 is 23.1 Å². The van der Waals surface area contributed by atoms with Gasteiger partial charge in [0.2, 0.25) is 0 Å². The zero-order valence-corrected chi connectivity index (χ0v) is 22.5. The molecule has 1 saturated heterocycles. The lowest BCUT2D eigenvalue weighted by atomic mass is 9.97. The molecule has 40 heavy (non-hydrogen) atoms. The number of piperidine rings is 1. The standard InChI is InChI=1S/C27H30ClF3N4O5/c1-18(36)14-25(34-15-24(35(37)38)32-26(34)28)40-23-8-6-22(7-9-23)33-12-10-20(11-13-33)17-39-16-19-2-4-21(5-3-19)27(29,30)31/h2-9,15,18,20,25,36H,10-14,16-17H2,1H3. The summed E-state index contributed by atoms with van der Waals surface area (Å²) in [6, 6.07) is 12.5. The van der Waals surface area contributed by atoms with E-state index in [2.05, 4.69) is 9.88 Å². The van der Waals surface area contributed by atoms with Crippen LogP contribution in [0.1, 0.15) is 43.5 Å². The maximum atomic E-state index is 12.7. The molecule has 0 spiro atoms. The lowest BCUT2D eigenvalue weighted by Crippen LogP contribution is -2.35. The molecular formula is C27H30ClF3N4O5. The van der Waals surface area contributed by atoms with Gasteiger partial charge in [0.1, 0.15) is 11.9 Å². The molecule has 2 unspecified atom stereocenters. The third-order valence-electron chi connectivity index (χ3n) is 6.71. The zero-order chi connectivity index (χ0) is 28.9. The van der Waals surface area contributed by atoms with Gasteiger partial charge in [-0.1, -0.05) is 12.1 Å². The molecule has 1 N–H and O–H groups in total. The molecule has 2 aromatic carbocycles. The van der Waals surface area contributed by atoms with Gasteiger partial charge < -0.3 is 29.6 Å². The Balaban J connectivity index is 1.26. The average molecular weight is 583 g/mol. The number of aliphatic hydroxyl groups is 1. The van der Waals surface area contributed by atoms with Crippen LogP contribution in [0.4, 0.5) is 24.7 Å². The Morgan fingerprint density at radius 3 is 2.35 bits per heavy atom. The number of ether oxygens (including phenoxy) is 2. The maximum absolute atomic E-state index is 12.7. The van der Waals surface area contributed by atoms with Crippen LogP contribution in [0.25, 0.3) is 0 Å². The first-order valence-corrected chi connectivity index (χ1v) is 13.2. The van der Waals surface area contributed by atoms with Crippen LogP contribution < -0.4 is 9.64 Å². The van der Waals surface area contributed by atoms with Crippen molar-refractivity contribution in [2.75, 3.05) is 24.6 Å². The number of alkyl halides is 3. The third-order valence-corrected chi connectivity index (χ3v) is 6.99. The van der Waals surface area contributed by atoms with E-state index in [0.29, 0.717) is 23.8 Å². The summed E-state index contributed by atoms with van der Waals surface area (Å²) in [7, 11) is 0. The van der Waals surface area contributed by atoms with Crippen LogP contribution in [-0.4, -0.2) is 45.4 Å². The Morgan fingerprint density at radius 1 is 1.15 bits per heavy atom. The van der Waals surface area contributed by atoms with Crippen molar-refractivity contribution in [2.45, 2.75) is 51.3 Å². The lowest BCUT2D eigenvalue weighted by Gasteiger charge is -2.33. The minimum absolute atomic E-state index is 0.111. The van der Waals surface area contributed by atoms with Gasteiger partial charge in [0.05, 0.1) is 18.3 Å². The largest absolute Gasteiger partial charge is 0.470 e. The highest BCUT2D eigenvalue weighted by molar-refractivity contribution is 6.28. The molecule has 216 valence electrons. The quantitative estimate of drug-likeness (QED) is 0.211. The van der Waals surface area contributed by atoms with E-state index in [1.54, 1.807) is 19.1 Å². The predicted molar refractivity (Wildman–Crippen MR) is 142 cm³/mol. The molecule has 4 rings (SSSR count). The van der Waals surface area contributed by atoms with Crippen molar-refractivity contribution in [1.82, 2.24) is 9.55 Å². The number of aromatic nitrogens is 2. The molecule has 9 nitrogen and oxygen atoms in total. The van der Waals surface area contributed by atoms with Gasteiger partial charge in [0.15, 0.2) is 6.23 Å². The van der Waals surface area contributed by atoms with Gasteiger partial charge in [0.25, 0.3) is 0 Å². The molecule has 2 heterocycles. The van der Waals surface area contributed by atoms with Crippen LogP contribution in [0.2, 0.25) is 5.28 Å². The number of benzene rings is 2. The number of aliphatic hydroxyl groups excluding tert-OH is 1. The molecule has 0 amide bonds. The second kappa shape index (κ2) is 12.9. The summed E-state index contributed by atoms with van der Waals surface area (Å²) >= 11 is 6.09. The fraction of sp³-hybridized carbons (Fsp3) is 0.444. The van der Waals surface area contributed by atoms with Gasteiger partial charge in [-0.25, -0.2) is 0 Å².